The maximum absolute atomic E-state index is 13.2. The van der Waals surface area contributed by atoms with Gasteiger partial charge in [0.1, 0.15) is 5.75 Å². The van der Waals surface area contributed by atoms with Crippen LogP contribution in [0.5, 0.6) is 5.75 Å². The Balaban J connectivity index is 1.89. The average Bonchev–Trinajstić information content (AvgIpc) is 2.83. The Kier molecular flexibility index (Phi) is 5.55. The zero-order valence-corrected chi connectivity index (χ0v) is 17.4. The molecule has 6 heteroatoms. The molecule has 148 valence electrons. The van der Waals surface area contributed by atoms with Crippen LogP contribution in [0.2, 0.25) is 0 Å². The SMILES string of the molecule is COc1ccc(CN2C(=O)[C@@](O)(CC(=O)SC(C)(C)C)c3ccccc32)cc1. The molecule has 3 rings (SSSR count). The third kappa shape index (κ3) is 4.08. The molecular weight excluding hydrogens is 374 g/mol. The molecule has 0 saturated heterocycles. The molecule has 1 aliphatic heterocycles. The van der Waals surface area contributed by atoms with Gasteiger partial charge in [-0.3, -0.25) is 9.59 Å². The molecule has 0 unspecified atom stereocenters. The highest BCUT2D eigenvalue weighted by Crippen LogP contribution is 2.44. The highest BCUT2D eigenvalue weighted by Gasteiger charge is 2.51. The Bertz CT molecular complexity index is 888. The molecule has 1 heterocycles. The number of anilines is 1. The Morgan fingerprint density at radius 3 is 2.39 bits per heavy atom. The summed E-state index contributed by atoms with van der Waals surface area (Å²) in [5.41, 5.74) is 0.192. The van der Waals surface area contributed by atoms with Crippen LogP contribution in [0.1, 0.15) is 38.3 Å². The quantitative estimate of drug-likeness (QED) is 0.827. The smallest absolute Gasteiger partial charge is 0.264 e. The molecule has 0 aromatic heterocycles. The van der Waals surface area contributed by atoms with E-state index in [0.29, 0.717) is 17.8 Å². The lowest BCUT2D eigenvalue weighted by atomic mass is 9.92. The van der Waals surface area contributed by atoms with E-state index in [1.54, 1.807) is 30.2 Å². The number of hydrogen-bond acceptors (Lipinski definition) is 5. The second kappa shape index (κ2) is 7.60. The number of carbonyl (C=O) groups excluding carboxylic acids is 2. The number of rotatable bonds is 5. The number of nitrogens with zero attached hydrogens (tertiary/aromatic N) is 1. The molecule has 0 spiro atoms. The van der Waals surface area contributed by atoms with Gasteiger partial charge in [0.15, 0.2) is 10.7 Å². The van der Waals surface area contributed by atoms with Crippen molar-refractivity contribution in [1.29, 1.82) is 0 Å². The topological polar surface area (TPSA) is 66.8 Å². The first kappa shape index (κ1) is 20.4. The summed E-state index contributed by atoms with van der Waals surface area (Å²) < 4.78 is 4.89. The van der Waals surface area contributed by atoms with E-state index in [1.165, 1.54) is 0 Å². The summed E-state index contributed by atoms with van der Waals surface area (Å²) >= 11 is 1.14. The maximum atomic E-state index is 13.2. The second-order valence-corrected chi connectivity index (χ2v) is 9.76. The Hall–Kier alpha value is -2.31. The van der Waals surface area contributed by atoms with Gasteiger partial charge in [-0.2, -0.15) is 0 Å². The summed E-state index contributed by atoms with van der Waals surface area (Å²) in [5, 5.41) is 11.1. The molecule has 1 amide bonds. The number of carbonyl (C=O) groups is 2. The van der Waals surface area contributed by atoms with Crippen molar-refractivity contribution in [1.82, 2.24) is 0 Å². The minimum atomic E-state index is -1.83. The van der Waals surface area contributed by atoms with Crippen molar-refractivity contribution in [3.8, 4) is 5.75 Å². The van der Waals surface area contributed by atoms with Crippen LogP contribution < -0.4 is 9.64 Å². The first-order valence-corrected chi connectivity index (χ1v) is 9.94. The Morgan fingerprint density at radius 2 is 1.79 bits per heavy atom. The molecule has 1 atom stereocenters. The molecule has 0 fully saturated rings. The molecule has 0 bridgehead atoms. The summed E-state index contributed by atoms with van der Waals surface area (Å²) in [4.78, 5) is 27.3. The van der Waals surface area contributed by atoms with Gasteiger partial charge in [-0.05, 0) is 23.8 Å². The number of amides is 1. The minimum Gasteiger partial charge on any atom is -0.497 e. The molecule has 2 aromatic carbocycles. The lowest BCUT2D eigenvalue weighted by Gasteiger charge is -2.24. The summed E-state index contributed by atoms with van der Waals surface area (Å²) in [6.07, 6.45) is -0.246. The van der Waals surface area contributed by atoms with E-state index in [0.717, 1.165) is 23.1 Å². The lowest BCUT2D eigenvalue weighted by Crippen LogP contribution is -2.41. The molecule has 2 aromatic rings. The van der Waals surface area contributed by atoms with Crippen molar-refractivity contribution in [3.05, 3.63) is 59.7 Å². The van der Waals surface area contributed by atoms with Crippen LogP contribution >= 0.6 is 11.8 Å². The Morgan fingerprint density at radius 1 is 1.14 bits per heavy atom. The maximum Gasteiger partial charge on any atom is 0.264 e. The number of methoxy groups -OCH3 is 1. The monoisotopic (exact) mass is 399 g/mol. The van der Waals surface area contributed by atoms with Crippen molar-refractivity contribution >= 4 is 28.5 Å². The predicted molar refractivity (Wildman–Crippen MR) is 111 cm³/mol. The van der Waals surface area contributed by atoms with Gasteiger partial charge in [0.05, 0.1) is 25.8 Å². The number of hydrogen-bond donors (Lipinski definition) is 1. The number of aliphatic hydroxyl groups is 1. The molecule has 28 heavy (non-hydrogen) atoms. The number of ether oxygens (including phenoxy) is 1. The number of thioether (sulfide) groups is 1. The Labute approximate surface area is 169 Å². The number of benzene rings is 2. The third-order valence-electron chi connectivity index (χ3n) is 4.56. The molecule has 1 aliphatic rings. The fourth-order valence-corrected chi connectivity index (χ4v) is 4.30. The van der Waals surface area contributed by atoms with Gasteiger partial charge in [0.2, 0.25) is 0 Å². The normalized spacial score (nSPS) is 18.9. The fraction of sp³-hybridized carbons (Fsp3) is 0.364. The van der Waals surface area contributed by atoms with E-state index in [2.05, 4.69) is 0 Å². The van der Waals surface area contributed by atoms with Crippen LogP contribution in [0.3, 0.4) is 0 Å². The van der Waals surface area contributed by atoms with Gasteiger partial charge in [-0.1, -0.05) is 62.9 Å². The van der Waals surface area contributed by atoms with E-state index < -0.39 is 11.5 Å². The van der Waals surface area contributed by atoms with Crippen LogP contribution in [0.4, 0.5) is 5.69 Å². The third-order valence-corrected chi connectivity index (χ3v) is 5.54. The van der Waals surface area contributed by atoms with E-state index in [1.807, 2.05) is 51.1 Å². The van der Waals surface area contributed by atoms with Crippen molar-refractivity contribution in [2.75, 3.05) is 12.0 Å². The van der Waals surface area contributed by atoms with Gasteiger partial charge in [-0.25, -0.2) is 0 Å². The predicted octanol–water partition coefficient (Wildman–Crippen LogP) is 3.88. The average molecular weight is 400 g/mol. The number of para-hydroxylation sites is 1. The van der Waals surface area contributed by atoms with Crippen LogP contribution in [0.15, 0.2) is 48.5 Å². The van der Waals surface area contributed by atoms with E-state index in [-0.39, 0.29) is 16.3 Å². The van der Waals surface area contributed by atoms with Crippen molar-refractivity contribution in [2.45, 2.75) is 44.1 Å². The van der Waals surface area contributed by atoms with E-state index >= 15 is 0 Å². The largest absolute Gasteiger partial charge is 0.497 e. The van der Waals surface area contributed by atoms with Gasteiger partial charge in [-0.15, -0.1) is 0 Å². The first-order chi connectivity index (χ1) is 13.1. The van der Waals surface area contributed by atoms with Gasteiger partial charge in [0.25, 0.3) is 5.91 Å². The highest BCUT2D eigenvalue weighted by atomic mass is 32.2. The molecule has 5 nitrogen and oxygen atoms in total. The first-order valence-electron chi connectivity index (χ1n) is 9.13. The van der Waals surface area contributed by atoms with Crippen molar-refractivity contribution in [3.63, 3.8) is 0 Å². The van der Waals surface area contributed by atoms with Crippen LogP contribution in [-0.4, -0.2) is 28.0 Å². The van der Waals surface area contributed by atoms with Crippen LogP contribution in [-0.2, 0) is 21.7 Å². The summed E-state index contributed by atoms with van der Waals surface area (Å²) in [7, 11) is 1.60. The zero-order valence-electron chi connectivity index (χ0n) is 16.6. The fourth-order valence-electron chi connectivity index (χ4n) is 3.33. The minimum absolute atomic E-state index is 0.204. The molecule has 1 N–H and O–H groups in total. The van der Waals surface area contributed by atoms with Crippen LogP contribution in [0.25, 0.3) is 0 Å². The van der Waals surface area contributed by atoms with Gasteiger partial charge in [0, 0.05) is 10.3 Å². The van der Waals surface area contributed by atoms with E-state index in [4.69, 9.17) is 4.74 Å². The second-order valence-electron chi connectivity index (χ2n) is 7.88. The molecule has 0 radical (unpaired) electrons. The molecular formula is C22H25NO4S. The lowest BCUT2D eigenvalue weighted by molar-refractivity contribution is -0.139. The summed E-state index contributed by atoms with van der Waals surface area (Å²) in [6, 6.07) is 14.5. The highest BCUT2D eigenvalue weighted by molar-refractivity contribution is 8.14. The number of fused-ring (bicyclic) bond motifs is 1. The van der Waals surface area contributed by atoms with Crippen LogP contribution in [0, 0.1) is 0 Å². The van der Waals surface area contributed by atoms with Gasteiger partial charge < -0.3 is 14.7 Å². The standard InChI is InChI=1S/C22H25NO4S/c1-21(2,3)28-19(24)13-22(26)17-7-5-6-8-18(17)23(20(22)25)14-15-9-11-16(27-4)12-10-15/h5-12,26H,13-14H2,1-4H3/t22-/m1/s1. The van der Waals surface area contributed by atoms with Gasteiger partial charge >= 0.3 is 0 Å². The summed E-state index contributed by atoms with van der Waals surface area (Å²) in [5.74, 6) is 0.269. The molecule has 0 aliphatic carbocycles. The molecule has 0 saturated carbocycles. The van der Waals surface area contributed by atoms with Crippen molar-refractivity contribution < 1.29 is 19.4 Å². The zero-order chi connectivity index (χ0) is 20.5. The summed E-state index contributed by atoms with van der Waals surface area (Å²) in [6.45, 7) is 6.10. The van der Waals surface area contributed by atoms with Crippen molar-refractivity contribution in [2.24, 2.45) is 0 Å². The van der Waals surface area contributed by atoms with E-state index in [9.17, 15) is 14.7 Å².